The Bertz CT molecular complexity index is 1200. The van der Waals surface area contributed by atoms with Crippen LogP contribution >= 0.6 is 11.6 Å². The van der Waals surface area contributed by atoms with E-state index >= 15 is 0 Å². The van der Waals surface area contributed by atoms with Crippen molar-refractivity contribution in [3.05, 3.63) is 82.9 Å². The van der Waals surface area contributed by atoms with Crippen molar-refractivity contribution < 1.29 is 33.7 Å². The average Bonchev–Trinajstić information content (AvgIpc) is 2.86. The second-order valence-electron chi connectivity index (χ2n) is 8.00. The molecule has 0 aliphatic carbocycles. The fourth-order valence-electron chi connectivity index (χ4n) is 3.52. The van der Waals surface area contributed by atoms with Crippen molar-refractivity contribution in [1.82, 2.24) is 0 Å². The number of ether oxygens (including phenoxy) is 3. The molecule has 8 heteroatoms. The van der Waals surface area contributed by atoms with Crippen LogP contribution in [0.4, 0.5) is 0 Å². The maximum atomic E-state index is 12.1. The Balaban J connectivity index is 1.69. The number of carbonyl (C=O) groups excluding carboxylic acids is 2. The molecule has 1 atom stereocenters. The number of aryl methyl sites for hydroxylation is 1. The number of carboxylic acids is 1. The highest BCUT2D eigenvalue weighted by Crippen LogP contribution is 2.28. The summed E-state index contributed by atoms with van der Waals surface area (Å²) in [5, 5.41) is 10.4. The molecule has 0 aliphatic heterocycles. The topological polar surface area (TPSA) is 99.1 Å². The van der Waals surface area contributed by atoms with Gasteiger partial charge in [0.05, 0.1) is 12.2 Å². The number of benzene rings is 3. The number of carbonyl (C=O) groups is 3. The van der Waals surface area contributed by atoms with Gasteiger partial charge in [-0.25, -0.2) is 9.59 Å². The Morgan fingerprint density at radius 1 is 0.944 bits per heavy atom. The molecule has 7 nitrogen and oxygen atoms in total. The zero-order chi connectivity index (χ0) is 26.1. The molecule has 0 radical (unpaired) electrons. The molecule has 1 N–H and O–H groups in total. The van der Waals surface area contributed by atoms with Crippen LogP contribution in [0.25, 0.3) is 11.1 Å². The molecule has 0 amide bonds. The van der Waals surface area contributed by atoms with Crippen molar-refractivity contribution in [2.24, 2.45) is 0 Å². The summed E-state index contributed by atoms with van der Waals surface area (Å²) in [4.78, 5) is 35.6. The van der Waals surface area contributed by atoms with Gasteiger partial charge < -0.3 is 19.3 Å². The minimum atomic E-state index is -1.20. The first-order valence-electron chi connectivity index (χ1n) is 11.4. The summed E-state index contributed by atoms with van der Waals surface area (Å²) >= 11 is 5.95. The van der Waals surface area contributed by atoms with Gasteiger partial charge in [0, 0.05) is 11.1 Å². The molecule has 3 aromatic carbocycles. The molecule has 0 heterocycles. The van der Waals surface area contributed by atoms with Crippen LogP contribution in [0.5, 0.6) is 11.5 Å². The smallest absolute Gasteiger partial charge is 0.344 e. The normalized spacial score (nSPS) is 11.4. The second-order valence-corrected chi connectivity index (χ2v) is 8.43. The van der Waals surface area contributed by atoms with E-state index in [4.69, 9.17) is 25.8 Å². The molecule has 0 spiro atoms. The molecule has 3 aromatic rings. The minimum absolute atomic E-state index is 0.0781. The Hall–Kier alpha value is -3.84. The van der Waals surface area contributed by atoms with Gasteiger partial charge in [-0.1, -0.05) is 48.0 Å². The number of Topliss-reactive ketones (excluding diaryl/α,β-unsaturated/α-hetero) is 1. The third-order valence-corrected chi connectivity index (χ3v) is 5.62. The average molecular weight is 511 g/mol. The van der Waals surface area contributed by atoms with Gasteiger partial charge in [0.2, 0.25) is 0 Å². The first-order valence-corrected chi connectivity index (χ1v) is 11.8. The summed E-state index contributed by atoms with van der Waals surface area (Å²) in [6.45, 7) is 2.95. The number of rotatable bonds is 12. The van der Waals surface area contributed by atoms with E-state index in [0.717, 1.165) is 16.7 Å². The van der Waals surface area contributed by atoms with E-state index in [1.165, 1.54) is 25.1 Å². The van der Waals surface area contributed by atoms with Gasteiger partial charge in [-0.2, -0.15) is 0 Å². The summed E-state index contributed by atoms with van der Waals surface area (Å²) in [7, 11) is 0. The molecule has 1 unspecified atom stereocenters. The van der Waals surface area contributed by atoms with E-state index in [1.807, 2.05) is 48.5 Å². The Labute approximate surface area is 214 Å². The van der Waals surface area contributed by atoms with Gasteiger partial charge in [0.25, 0.3) is 0 Å². The highest BCUT2D eigenvalue weighted by Gasteiger charge is 2.22. The van der Waals surface area contributed by atoms with E-state index in [-0.39, 0.29) is 42.5 Å². The molecule has 0 aliphatic rings. The van der Waals surface area contributed by atoms with Crippen LogP contribution in [0.1, 0.15) is 36.2 Å². The summed E-state index contributed by atoms with van der Waals surface area (Å²) in [5.74, 6) is -1.65. The Morgan fingerprint density at radius 2 is 1.58 bits per heavy atom. The first-order chi connectivity index (χ1) is 17.3. The molecule has 188 valence electrons. The quantitative estimate of drug-likeness (QED) is 0.249. The number of hydrogen-bond acceptors (Lipinski definition) is 6. The molecule has 3 rings (SSSR count). The van der Waals surface area contributed by atoms with Crippen LogP contribution in [0.15, 0.2) is 66.7 Å². The van der Waals surface area contributed by atoms with Gasteiger partial charge in [0.1, 0.15) is 11.5 Å². The van der Waals surface area contributed by atoms with Crippen molar-refractivity contribution >= 4 is 29.3 Å². The third-order valence-electron chi connectivity index (χ3n) is 5.37. The number of hydrogen-bond donors (Lipinski definition) is 1. The van der Waals surface area contributed by atoms with Crippen LogP contribution in [-0.4, -0.2) is 42.1 Å². The van der Waals surface area contributed by atoms with Crippen molar-refractivity contribution in [2.75, 3.05) is 13.2 Å². The lowest BCUT2D eigenvalue weighted by Crippen LogP contribution is -2.28. The summed E-state index contributed by atoms with van der Waals surface area (Å²) in [5.41, 5.74) is 3.21. The minimum Gasteiger partial charge on any atom is -0.482 e. The Morgan fingerprint density at radius 3 is 2.17 bits per heavy atom. The van der Waals surface area contributed by atoms with Gasteiger partial charge in [-0.05, 0) is 67.6 Å². The lowest BCUT2D eigenvalue weighted by Gasteiger charge is -2.18. The predicted octanol–water partition coefficient (Wildman–Crippen LogP) is 5.62. The lowest BCUT2D eigenvalue weighted by molar-refractivity contribution is -0.146. The van der Waals surface area contributed by atoms with Crippen LogP contribution < -0.4 is 9.47 Å². The SMILES string of the molecule is CCOC(=O)COc1ccc(C(C)=O)c(OC(CCc2ccc(-c3ccc(Cl)cc3)cc2)C(=O)O)c1. The number of aliphatic carboxylic acids is 1. The van der Waals surface area contributed by atoms with Crippen LogP contribution in [-0.2, 0) is 20.7 Å². The fraction of sp³-hybridized carbons (Fsp3) is 0.250. The lowest BCUT2D eigenvalue weighted by atomic mass is 10.0. The number of carboxylic acid groups (broad SMARTS) is 1. The van der Waals surface area contributed by atoms with Crippen LogP contribution in [0, 0.1) is 0 Å². The van der Waals surface area contributed by atoms with E-state index in [2.05, 4.69) is 0 Å². The van der Waals surface area contributed by atoms with E-state index in [9.17, 15) is 19.5 Å². The van der Waals surface area contributed by atoms with Crippen molar-refractivity contribution in [3.63, 3.8) is 0 Å². The van der Waals surface area contributed by atoms with Crippen molar-refractivity contribution in [2.45, 2.75) is 32.8 Å². The second kappa shape index (κ2) is 12.7. The highest BCUT2D eigenvalue weighted by molar-refractivity contribution is 6.30. The van der Waals surface area contributed by atoms with Gasteiger partial charge in [-0.15, -0.1) is 0 Å². The van der Waals surface area contributed by atoms with Gasteiger partial charge in [0.15, 0.2) is 18.5 Å². The molecule has 0 aromatic heterocycles. The van der Waals surface area contributed by atoms with Crippen LogP contribution in [0.3, 0.4) is 0 Å². The predicted molar refractivity (Wildman–Crippen MR) is 136 cm³/mol. The largest absolute Gasteiger partial charge is 0.482 e. The molecule has 0 saturated carbocycles. The fourth-order valence-corrected chi connectivity index (χ4v) is 3.64. The van der Waals surface area contributed by atoms with E-state index in [1.54, 1.807) is 6.92 Å². The van der Waals surface area contributed by atoms with Gasteiger partial charge >= 0.3 is 11.9 Å². The Kier molecular flexibility index (Phi) is 9.47. The van der Waals surface area contributed by atoms with E-state index in [0.29, 0.717) is 11.4 Å². The van der Waals surface area contributed by atoms with Crippen LogP contribution in [0.2, 0.25) is 5.02 Å². The molecule has 36 heavy (non-hydrogen) atoms. The molecular weight excluding hydrogens is 484 g/mol. The molecular formula is C28H27ClO7. The standard InChI is InChI=1S/C28H27ClO7/c1-3-34-27(31)17-35-23-13-14-24(18(2)30)26(16-23)36-25(28(32)33)15-6-19-4-7-20(8-5-19)21-9-11-22(29)12-10-21/h4-5,7-14,16,25H,3,6,15,17H2,1-2H3,(H,32,33). The summed E-state index contributed by atoms with van der Waals surface area (Å²) < 4.78 is 16.0. The summed E-state index contributed by atoms with van der Waals surface area (Å²) in [6.07, 6.45) is -0.563. The van der Waals surface area contributed by atoms with Crippen molar-refractivity contribution in [1.29, 1.82) is 0 Å². The number of esters is 1. The van der Waals surface area contributed by atoms with E-state index < -0.39 is 18.0 Å². The number of halogens is 1. The molecule has 0 saturated heterocycles. The monoisotopic (exact) mass is 510 g/mol. The van der Waals surface area contributed by atoms with Gasteiger partial charge in [-0.3, -0.25) is 4.79 Å². The maximum Gasteiger partial charge on any atom is 0.344 e. The summed E-state index contributed by atoms with van der Waals surface area (Å²) in [6, 6.07) is 19.7. The molecule has 0 fully saturated rings. The number of ketones is 1. The zero-order valence-electron chi connectivity index (χ0n) is 20.0. The third kappa shape index (κ3) is 7.58. The first kappa shape index (κ1) is 26.8. The maximum absolute atomic E-state index is 12.1. The van der Waals surface area contributed by atoms with Crippen molar-refractivity contribution in [3.8, 4) is 22.6 Å². The molecule has 0 bridgehead atoms. The zero-order valence-corrected chi connectivity index (χ0v) is 20.8. The highest BCUT2D eigenvalue weighted by atomic mass is 35.5.